The molecule has 0 radical (unpaired) electrons. The monoisotopic (exact) mass is 1690 g/mol. The third kappa shape index (κ3) is 21.1. The zero-order chi connectivity index (χ0) is 82.5. The Balaban J connectivity index is 0.000000173. The van der Waals surface area contributed by atoms with Gasteiger partial charge in [-0.15, -0.1) is 0 Å². The number of rotatable bonds is 20. The van der Waals surface area contributed by atoms with Gasteiger partial charge in [0.15, 0.2) is 0 Å². The first kappa shape index (κ1) is 85.2. The van der Waals surface area contributed by atoms with E-state index >= 15 is 0 Å². The molecule has 2 fully saturated rings. The second kappa shape index (κ2) is 32.9. The van der Waals surface area contributed by atoms with Crippen molar-refractivity contribution in [3.05, 3.63) is 362 Å². The second-order valence-electron chi connectivity index (χ2n) is 31.4. The molecule has 116 heavy (non-hydrogen) atoms. The number of fused-ring (bicyclic) bond motifs is 4. The van der Waals surface area contributed by atoms with Crippen LogP contribution in [0.4, 0.5) is 50.4 Å². The summed E-state index contributed by atoms with van der Waals surface area (Å²) in [6.45, 7) is 18.7. The first-order valence-corrected chi connectivity index (χ1v) is 48.0. The summed E-state index contributed by atoms with van der Waals surface area (Å²) in [5.74, 6) is 0. The fraction of sp³-hybridized carbons (Fsp3) is 0.213. The molecular formula is C94H94F12N4P6. The predicted molar refractivity (Wildman–Crippen MR) is 469 cm³/mol. The van der Waals surface area contributed by atoms with E-state index in [4.69, 9.17) is 0 Å². The van der Waals surface area contributed by atoms with Gasteiger partial charge in [-0.2, -0.15) is 0 Å². The van der Waals surface area contributed by atoms with Crippen molar-refractivity contribution in [3.63, 3.8) is 0 Å². The Labute approximate surface area is 678 Å². The molecule has 0 unspecified atom stereocenters. The topological polar surface area (TPSA) is 12.5 Å². The van der Waals surface area contributed by atoms with Gasteiger partial charge < -0.3 is 0 Å². The van der Waals surface area contributed by atoms with Crippen molar-refractivity contribution < 1.29 is 59.5 Å². The maximum absolute atomic E-state index is 10.7. The molecular weight excluding hydrogens is 1600 g/mol. The van der Waals surface area contributed by atoms with Gasteiger partial charge in [-0.05, 0) is 135 Å². The summed E-state index contributed by atoms with van der Waals surface area (Å²) >= 11 is 0. The third-order valence-corrected chi connectivity index (χ3v) is 33.5. The van der Waals surface area contributed by atoms with E-state index in [9.17, 15) is 50.4 Å². The number of hydrogen-bond donors (Lipinski definition) is 0. The molecule has 16 rings (SSSR count). The molecule has 604 valence electrons. The normalized spacial score (nSPS) is 19.8. The minimum absolute atomic E-state index is 0.0593. The van der Waals surface area contributed by atoms with Crippen LogP contribution in [0.5, 0.6) is 0 Å². The van der Waals surface area contributed by atoms with Crippen LogP contribution < -0.4 is 63.7 Å². The zero-order valence-corrected chi connectivity index (χ0v) is 70.7. The van der Waals surface area contributed by atoms with Crippen LogP contribution in [0.3, 0.4) is 0 Å². The van der Waals surface area contributed by atoms with Crippen LogP contribution in [0.15, 0.2) is 340 Å². The van der Waals surface area contributed by atoms with Crippen molar-refractivity contribution in [1.82, 2.24) is 9.80 Å². The Morgan fingerprint density at radius 2 is 0.440 bits per heavy atom. The molecule has 0 N–H and O–H groups in total. The standard InChI is InChI=1S/2C47H47N2P2.2F6P/c2*1-46(2)45-32-33-47(46,3)49(35-38-21-17-19-31-44(38)51(41-26-12-6-13-27-41)42-28-14-7-15-29-42)36-48(45)34-37-20-16-18-30-43(37)50(39-22-8-4-9-23-39)40-24-10-5-11-25-40;2*1-7(2,3,4,5)6/h2*4-31,36,45H,32-35H2,1-3H3;;/q2*+1;2*-1/t2*45-,47+;;/m00../s1. The summed E-state index contributed by atoms with van der Waals surface area (Å²) in [6.07, 6.45) is 9.83. The average molecular weight is 1690 g/mol. The fourth-order valence-electron chi connectivity index (χ4n) is 17.2. The van der Waals surface area contributed by atoms with Gasteiger partial charge in [-0.1, -0.05) is 367 Å². The number of benzene rings is 12. The van der Waals surface area contributed by atoms with Gasteiger partial charge in [-0.25, -0.2) is 0 Å². The minimum atomic E-state index is -10.7. The van der Waals surface area contributed by atoms with Crippen LogP contribution in [0.2, 0.25) is 0 Å². The summed E-state index contributed by atoms with van der Waals surface area (Å²) in [4.78, 5) is 5.44. The maximum atomic E-state index is 9.87. The summed E-state index contributed by atoms with van der Waals surface area (Å²) in [6, 6.07) is 127. The van der Waals surface area contributed by atoms with Gasteiger partial charge in [0.1, 0.15) is 49.3 Å². The van der Waals surface area contributed by atoms with Crippen molar-refractivity contribution in [2.24, 2.45) is 10.8 Å². The fourth-order valence-corrected chi connectivity index (χ4v) is 27.0. The molecule has 4 aliphatic rings. The molecule has 2 saturated carbocycles. The summed E-state index contributed by atoms with van der Waals surface area (Å²) in [5, 5.41) is 17.0. The van der Waals surface area contributed by atoms with Gasteiger partial charge >= 0.3 is 66.0 Å². The van der Waals surface area contributed by atoms with Gasteiger partial charge in [0.05, 0.1) is 0 Å². The van der Waals surface area contributed by atoms with E-state index in [0.717, 1.165) is 26.2 Å². The SMILES string of the molecule is CC1(C)[C@@H]2CC[C@@]1(C)N(Cc1ccccc1P(c1ccccc1)c1ccccc1)C=[N+]2Cc1ccccc1P(c1ccccc1)c1ccccc1.CC1(C)[C@@H]2CC[C@@]1(C)N(Cc1ccccc1P(c1ccccc1)c1ccccc1)C=[N+]2Cc1ccccc1P(c1ccccc1)c1ccccc1.F[P-](F)(F)(F)(F)F.F[P-](F)(F)(F)(F)F. The van der Waals surface area contributed by atoms with Gasteiger partial charge in [-0.3, -0.25) is 19.0 Å². The Bertz CT molecular complexity index is 4880. The summed E-state index contributed by atoms with van der Waals surface area (Å²) < 4.78 is 124. The van der Waals surface area contributed by atoms with Crippen molar-refractivity contribution in [1.29, 1.82) is 0 Å². The van der Waals surface area contributed by atoms with E-state index in [1.165, 1.54) is 112 Å². The molecule has 22 heteroatoms. The van der Waals surface area contributed by atoms with E-state index in [-0.39, 0.29) is 21.9 Å². The van der Waals surface area contributed by atoms with Crippen molar-refractivity contribution in [3.8, 4) is 0 Å². The molecule has 12 aromatic rings. The average Bonchev–Trinajstić information content (AvgIpc) is 1.56. The van der Waals surface area contributed by atoms with Crippen molar-refractivity contribution in [2.75, 3.05) is 0 Å². The molecule has 12 aromatic carbocycles. The van der Waals surface area contributed by atoms with E-state index in [2.05, 4.69) is 413 Å². The van der Waals surface area contributed by atoms with Gasteiger partial charge in [0.2, 0.25) is 12.7 Å². The molecule has 0 amide bonds. The molecule has 0 saturated heterocycles. The summed E-state index contributed by atoms with van der Waals surface area (Å²) in [5.41, 5.74) is 6.04. The molecule has 2 aliphatic heterocycles. The summed E-state index contributed by atoms with van der Waals surface area (Å²) in [7, 11) is -24.1. The Morgan fingerprint density at radius 1 is 0.267 bits per heavy atom. The Morgan fingerprint density at radius 3 is 0.647 bits per heavy atom. The molecule has 4 bridgehead atoms. The van der Waals surface area contributed by atoms with Crippen LogP contribution in [0.1, 0.15) is 89.5 Å². The van der Waals surface area contributed by atoms with Crippen LogP contribution in [-0.4, -0.2) is 54.8 Å². The quantitative estimate of drug-likeness (QED) is 0.0428. The first-order valence-electron chi connectivity index (χ1n) is 38.6. The van der Waals surface area contributed by atoms with E-state index in [1.54, 1.807) is 0 Å². The van der Waals surface area contributed by atoms with Crippen LogP contribution >= 0.6 is 47.3 Å². The van der Waals surface area contributed by atoms with Crippen LogP contribution in [0, 0.1) is 10.8 Å². The Kier molecular flexibility index (Phi) is 24.2. The zero-order valence-electron chi connectivity index (χ0n) is 65.3. The molecule has 0 spiro atoms. The molecule has 4 nitrogen and oxygen atoms in total. The number of nitrogens with zero attached hydrogens (tertiary/aromatic N) is 4. The Hall–Kier alpha value is -8.68. The van der Waals surface area contributed by atoms with E-state index in [0.29, 0.717) is 12.1 Å². The predicted octanol–water partition coefficient (Wildman–Crippen LogP) is 23.2. The van der Waals surface area contributed by atoms with E-state index in [1.807, 2.05) is 0 Å². The van der Waals surface area contributed by atoms with Crippen LogP contribution in [-0.2, 0) is 26.2 Å². The molecule has 2 aliphatic carbocycles. The molecule has 2 heterocycles. The second-order valence-corrected chi connectivity index (χ2v) is 44.0. The van der Waals surface area contributed by atoms with Crippen LogP contribution in [0.25, 0.3) is 0 Å². The molecule has 4 atom stereocenters. The van der Waals surface area contributed by atoms with Crippen molar-refractivity contribution >= 4 is 124 Å². The molecule has 0 aromatic heterocycles. The number of halogens is 12. The van der Waals surface area contributed by atoms with Gasteiger partial charge in [0, 0.05) is 33.1 Å². The number of hydrogen-bond acceptors (Lipinski definition) is 2. The van der Waals surface area contributed by atoms with Crippen molar-refractivity contribution in [2.45, 2.75) is 117 Å². The first-order chi connectivity index (χ1) is 54.8. The van der Waals surface area contributed by atoms with E-state index < -0.39 is 47.3 Å². The third-order valence-electron chi connectivity index (χ3n) is 23.3. The van der Waals surface area contributed by atoms with Gasteiger partial charge in [0.25, 0.3) is 0 Å².